The Balaban J connectivity index is 1.21. The zero-order valence-electron chi connectivity index (χ0n) is 22.4. The zero-order chi connectivity index (χ0) is 27.3. The lowest BCUT2D eigenvalue weighted by Crippen LogP contribution is -2.46. The van der Waals surface area contributed by atoms with E-state index in [0.717, 1.165) is 62.5 Å². The van der Waals surface area contributed by atoms with E-state index in [-0.39, 0.29) is 17.1 Å². The van der Waals surface area contributed by atoms with Crippen LogP contribution in [0.15, 0.2) is 36.4 Å². The van der Waals surface area contributed by atoms with Gasteiger partial charge >= 0.3 is 6.09 Å². The molecular weight excluding hydrogens is 527 g/mol. The van der Waals surface area contributed by atoms with Crippen molar-refractivity contribution in [1.82, 2.24) is 4.90 Å². The van der Waals surface area contributed by atoms with E-state index in [9.17, 15) is 9.59 Å². The number of fused-ring (bicyclic) bond motifs is 1. The molecule has 8 nitrogen and oxygen atoms in total. The second kappa shape index (κ2) is 12.6. The number of amides is 2. The quantitative estimate of drug-likeness (QED) is 0.314. The molecule has 2 aliphatic rings. The van der Waals surface area contributed by atoms with Gasteiger partial charge in [-0.1, -0.05) is 35.3 Å². The Bertz CT molecular complexity index is 1150. The van der Waals surface area contributed by atoms with E-state index in [0.29, 0.717) is 35.2 Å². The predicted octanol–water partition coefficient (Wildman–Crippen LogP) is 5.05. The van der Waals surface area contributed by atoms with E-state index in [1.54, 1.807) is 21.1 Å². The van der Waals surface area contributed by atoms with Gasteiger partial charge in [-0.2, -0.15) is 4.79 Å². The number of aryl methyl sites for hydroxylation is 1. The number of ether oxygens (including phenoxy) is 2. The molecule has 2 amide bonds. The van der Waals surface area contributed by atoms with Crippen LogP contribution in [0, 0.1) is 0 Å². The second-order valence-electron chi connectivity index (χ2n) is 10.6. The molecule has 0 spiro atoms. The van der Waals surface area contributed by atoms with Gasteiger partial charge in [-0.05, 0) is 49.6 Å². The van der Waals surface area contributed by atoms with Gasteiger partial charge in [0.25, 0.3) is 0 Å². The van der Waals surface area contributed by atoms with Gasteiger partial charge in [0.05, 0.1) is 49.2 Å². The molecule has 0 saturated carbocycles. The first-order chi connectivity index (χ1) is 18.1. The van der Waals surface area contributed by atoms with Crippen molar-refractivity contribution in [3.8, 4) is 5.75 Å². The molecule has 1 saturated heterocycles. The topological polar surface area (TPSA) is 62.3 Å². The smallest absolute Gasteiger partial charge is 0.494 e. The Kier molecular flexibility index (Phi) is 9.41. The van der Waals surface area contributed by atoms with Gasteiger partial charge in [-0.25, -0.2) is 4.48 Å². The molecule has 2 aliphatic heterocycles. The molecule has 1 fully saturated rings. The standard InChI is InChI=1S/C28H37Cl2N4O4/c1-34(2,3)28(36)38-20-33-25-19-22(11-9-21(25)10-12-26(33)35)37-18-5-4-13-31-14-16-32(17-15-31)24-8-6-7-23(29)27(24)30/h6-9,11,19H,4-5,10,12-18,20H2,1-3H3/q+1. The largest absolute Gasteiger partial charge is 0.517 e. The highest BCUT2D eigenvalue weighted by Gasteiger charge is 2.29. The van der Waals surface area contributed by atoms with E-state index in [1.165, 1.54) is 4.90 Å². The van der Waals surface area contributed by atoms with Crippen molar-refractivity contribution >= 4 is 46.6 Å². The van der Waals surface area contributed by atoms with Crippen molar-refractivity contribution in [3.63, 3.8) is 0 Å². The van der Waals surface area contributed by atoms with Gasteiger partial charge < -0.3 is 14.4 Å². The highest BCUT2D eigenvalue weighted by molar-refractivity contribution is 6.43. The summed E-state index contributed by atoms with van der Waals surface area (Å²) in [5, 5.41) is 1.22. The number of quaternary nitrogens is 1. The number of nitrogens with zero attached hydrogens (tertiary/aromatic N) is 4. The maximum absolute atomic E-state index is 12.6. The summed E-state index contributed by atoms with van der Waals surface area (Å²) in [6.07, 6.45) is 2.64. The minimum absolute atomic E-state index is 0.0317. The fourth-order valence-corrected chi connectivity index (χ4v) is 5.05. The zero-order valence-corrected chi connectivity index (χ0v) is 23.9. The molecule has 0 aromatic heterocycles. The molecule has 4 rings (SSSR count). The van der Waals surface area contributed by atoms with Crippen LogP contribution in [-0.2, 0) is 16.0 Å². The summed E-state index contributed by atoms with van der Waals surface area (Å²) in [5.74, 6) is 0.662. The Labute approximate surface area is 235 Å². The van der Waals surface area contributed by atoms with Crippen LogP contribution < -0.4 is 14.5 Å². The molecule has 206 valence electrons. The lowest BCUT2D eigenvalue weighted by Gasteiger charge is -2.36. The van der Waals surface area contributed by atoms with Crippen molar-refractivity contribution in [1.29, 1.82) is 0 Å². The Morgan fingerprint density at radius 2 is 1.74 bits per heavy atom. The van der Waals surface area contributed by atoms with Gasteiger partial charge in [0.1, 0.15) is 5.75 Å². The van der Waals surface area contributed by atoms with Crippen molar-refractivity contribution in [3.05, 3.63) is 52.0 Å². The number of carbonyl (C=O) groups excluding carboxylic acids is 2. The molecule has 2 aromatic rings. The summed E-state index contributed by atoms with van der Waals surface area (Å²) in [6, 6.07) is 11.6. The highest BCUT2D eigenvalue weighted by atomic mass is 35.5. The molecule has 0 bridgehead atoms. The van der Waals surface area contributed by atoms with E-state index >= 15 is 0 Å². The third-order valence-electron chi connectivity index (χ3n) is 6.90. The van der Waals surface area contributed by atoms with E-state index in [1.807, 2.05) is 36.4 Å². The minimum atomic E-state index is -0.396. The number of piperazine rings is 1. The maximum Gasteiger partial charge on any atom is 0.517 e. The van der Waals surface area contributed by atoms with Gasteiger partial charge in [-0.3, -0.25) is 14.6 Å². The van der Waals surface area contributed by atoms with Crippen molar-refractivity contribution in [2.24, 2.45) is 0 Å². The molecule has 0 radical (unpaired) electrons. The molecular formula is C28H37Cl2N4O4+. The van der Waals surface area contributed by atoms with Gasteiger partial charge in [0.15, 0.2) is 6.73 Å². The lowest BCUT2D eigenvalue weighted by atomic mass is 10.0. The van der Waals surface area contributed by atoms with Crippen LogP contribution in [0.2, 0.25) is 10.0 Å². The number of benzene rings is 2. The van der Waals surface area contributed by atoms with Crippen LogP contribution in [0.3, 0.4) is 0 Å². The first-order valence-corrected chi connectivity index (χ1v) is 13.9. The average Bonchev–Trinajstić information content (AvgIpc) is 2.89. The van der Waals surface area contributed by atoms with Crippen LogP contribution >= 0.6 is 23.2 Å². The molecule has 2 heterocycles. The van der Waals surface area contributed by atoms with Crippen molar-refractivity contribution in [2.45, 2.75) is 25.7 Å². The second-order valence-corrected chi connectivity index (χ2v) is 11.4. The Morgan fingerprint density at radius 3 is 2.47 bits per heavy atom. The Hall–Kier alpha value is -2.52. The number of unbranched alkanes of at least 4 members (excludes halogenated alkanes) is 1. The van der Waals surface area contributed by atoms with Crippen LogP contribution in [0.4, 0.5) is 16.2 Å². The van der Waals surface area contributed by atoms with Gasteiger partial charge in [0.2, 0.25) is 5.91 Å². The van der Waals surface area contributed by atoms with Crippen LogP contribution in [0.1, 0.15) is 24.8 Å². The number of halogens is 2. The van der Waals surface area contributed by atoms with Crippen LogP contribution in [0.25, 0.3) is 0 Å². The number of anilines is 2. The summed E-state index contributed by atoms with van der Waals surface area (Å²) in [6.45, 7) is 5.33. The first-order valence-electron chi connectivity index (χ1n) is 13.1. The highest BCUT2D eigenvalue weighted by Crippen LogP contribution is 2.33. The normalized spacial score (nSPS) is 16.4. The molecule has 0 aliphatic carbocycles. The fraction of sp³-hybridized carbons (Fsp3) is 0.500. The van der Waals surface area contributed by atoms with Crippen LogP contribution in [-0.4, -0.2) is 88.6 Å². The molecule has 10 heteroatoms. The van der Waals surface area contributed by atoms with E-state index in [2.05, 4.69) is 9.80 Å². The third-order valence-corrected chi connectivity index (χ3v) is 7.71. The fourth-order valence-electron chi connectivity index (χ4n) is 4.64. The van der Waals surface area contributed by atoms with Crippen molar-refractivity contribution < 1.29 is 23.5 Å². The molecule has 0 atom stereocenters. The minimum Gasteiger partial charge on any atom is -0.494 e. The number of rotatable bonds is 9. The summed E-state index contributed by atoms with van der Waals surface area (Å²) in [5.41, 5.74) is 2.81. The summed E-state index contributed by atoms with van der Waals surface area (Å²) >= 11 is 12.6. The van der Waals surface area contributed by atoms with E-state index in [4.69, 9.17) is 32.7 Å². The van der Waals surface area contributed by atoms with Gasteiger partial charge in [-0.15, -0.1) is 0 Å². The number of hydrogen-bond donors (Lipinski definition) is 0. The third kappa shape index (κ3) is 7.11. The number of carbonyl (C=O) groups is 2. The first kappa shape index (κ1) is 28.5. The average molecular weight is 565 g/mol. The summed E-state index contributed by atoms with van der Waals surface area (Å²) in [7, 11) is 5.20. The molecule has 2 aromatic carbocycles. The van der Waals surface area contributed by atoms with Crippen molar-refractivity contribution in [2.75, 3.05) is 77.0 Å². The lowest BCUT2D eigenvalue weighted by molar-refractivity contribution is -0.795. The van der Waals surface area contributed by atoms with Gasteiger partial charge in [0, 0.05) is 38.7 Å². The molecule has 38 heavy (non-hydrogen) atoms. The SMILES string of the molecule is C[N+](C)(C)C(=O)OCN1C(=O)CCc2ccc(OCCCCN3CCN(c4cccc(Cl)c4Cl)CC3)cc21. The monoisotopic (exact) mass is 563 g/mol. The number of hydrogen-bond acceptors (Lipinski definition) is 6. The summed E-state index contributed by atoms with van der Waals surface area (Å²) in [4.78, 5) is 31.1. The maximum atomic E-state index is 12.6. The van der Waals surface area contributed by atoms with Crippen LogP contribution in [0.5, 0.6) is 5.75 Å². The van der Waals surface area contributed by atoms with E-state index < -0.39 is 6.09 Å². The summed E-state index contributed by atoms with van der Waals surface area (Å²) < 4.78 is 11.5. The Morgan fingerprint density at radius 1 is 0.974 bits per heavy atom. The molecule has 0 unspecified atom stereocenters. The predicted molar refractivity (Wildman–Crippen MR) is 151 cm³/mol. The molecule has 0 N–H and O–H groups in total.